The van der Waals surface area contributed by atoms with E-state index in [0.717, 1.165) is 23.0 Å². The van der Waals surface area contributed by atoms with E-state index in [1.807, 2.05) is 43.3 Å². The number of sulfonamides is 1. The Morgan fingerprint density at radius 3 is 2.46 bits per heavy atom. The predicted molar refractivity (Wildman–Crippen MR) is 179 cm³/mol. The van der Waals surface area contributed by atoms with E-state index >= 15 is 0 Å². The van der Waals surface area contributed by atoms with Gasteiger partial charge in [0.05, 0.1) is 28.8 Å². The number of rotatable bonds is 11. The molecule has 3 aromatic carbocycles. The van der Waals surface area contributed by atoms with Gasteiger partial charge in [-0.1, -0.05) is 30.3 Å². The van der Waals surface area contributed by atoms with Crippen molar-refractivity contribution >= 4 is 62.4 Å². The molecular formula is C32H30N6O6S2. The second-order valence-electron chi connectivity index (χ2n) is 10.1. The molecule has 0 bridgehead atoms. The number of amides is 2. The molecule has 2 amide bonds. The number of anilines is 2. The number of primary sulfonamides is 1. The first-order valence-electron chi connectivity index (χ1n) is 13.8. The van der Waals surface area contributed by atoms with Crippen molar-refractivity contribution in [3.63, 3.8) is 0 Å². The number of furan rings is 1. The fourth-order valence-corrected chi connectivity index (χ4v) is 5.67. The Labute approximate surface area is 270 Å². The first kappa shape index (κ1) is 32.2. The van der Waals surface area contributed by atoms with Crippen LogP contribution in [0.1, 0.15) is 16.9 Å². The molecule has 1 aliphatic rings. The second-order valence-corrected chi connectivity index (χ2v) is 12.7. The topological polar surface area (TPSA) is 160 Å². The highest BCUT2D eigenvalue weighted by atomic mass is 32.2. The largest absolute Gasteiger partial charge is 0.483 e. The minimum absolute atomic E-state index is 0.0688. The number of thioether (sulfide) groups is 1. The van der Waals surface area contributed by atoms with Gasteiger partial charge in [0, 0.05) is 31.0 Å². The Balaban J connectivity index is 1.31. The number of amidine groups is 1. The number of benzene rings is 3. The zero-order chi connectivity index (χ0) is 32.7. The SMILES string of the molecule is CN(C)c1ccc(/C=N\N=C2\S/C(=C\c3ccccc3OCC(=O)Nc3ccc(S(N)(=O)=O)cc3)C(=O)N2Cc2ccco2)cc1. The summed E-state index contributed by atoms with van der Waals surface area (Å²) in [5.41, 5.74) is 2.86. The summed E-state index contributed by atoms with van der Waals surface area (Å²) >= 11 is 1.16. The maximum Gasteiger partial charge on any atom is 0.267 e. The lowest BCUT2D eigenvalue weighted by Crippen LogP contribution is -2.28. The van der Waals surface area contributed by atoms with Crippen molar-refractivity contribution in [2.75, 3.05) is 30.9 Å². The molecule has 236 valence electrons. The third-order valence-electron chi connectivity index (χ3n) is 6.57. The van der Waals surface area contributed by atoms with E-state index in [1.165, 1.54) is 35.4 Å². The molecule has 2 heterocycles. The van der Waals surface area contributed by atoms with Crippen LogP contribution in [0, 0.1) is 0 Å². The van der Waals surface area contributed by atoms with Crippen LogP contribution >= 0.6 is 11.8 Å². The van der Waals surface area contributed by atoms with Gasteiger partial charge >= 0.3 is 0 Å². The molecular weight excluding hydrogens is 629 g/mol. The lowest BCUT2D eigenvalue weighted by molar-refractivity contribution is -0.122. The Hall–Kier alpha value is -5.18. The van der Waals surface area contributed by atoms with E-state index in [2.05, 4.69) is 15.5 Å². The minimum Gasteiger partial charge on any atom is -0.483 e. The number of para-hydroxylation sites is 1. The van der Waals surface area contributed by atoms with E-state index in [0.29, 0.717) is 32.8 Å². The van der Waals surface area contributed by atoms with Crippen LogP contribution in [0.25, 0.3) is 6.08 Å². The van der Waals surface area contributed by atoms with Crippen LogP contribution in [0.4, 0.5) is 11.4 Å². The zero-order valence-corrected chi connectivity index (χ0v) is 26.5. The van der Waals surface area contributed by atoms with Crippen molar-refractivity contribution in [1.82, 2.24) is 4.90 Å². The summed E-state index contributed by atoms with van der Waals surface area (Å²) in [5, 5.41) is 16.7. The van der Waals surface area contributed by atoms with E-state index in [9.17, 15) is 18.0 Å². The Morgan fingerprint density at radius 2 is 1.78 bits per heavy atom. The molecule has 1 saturated heterocycles. The molecule has 14 heteroatoms. The van der Waals surface area contributed by atoms with Gasteiger partial charge in [0.1, 0.15) is 11.5 Å². The quantitative estimate of drug-likeness (QED) is 0.135. The van der Waals surface area contributed by atoms with Gasteiger partial charge in [-0.05, 0) is 78.0 Å². The van der Waals surface area contributed by atoms with Gasteiger partial charge in [0.15, 0.2) is 11.8 Å². The highest BCUT2D eigenvalue weighted by molar-refractivity contribution is 8.18. The summed E-state index contributed by atoms with van der Waals surface area (Å²) in [5.74, 6) is 0.206. The number of nitrogens with two attached hydrogens (primary N) is 1. The molecule has 1 aliphatic heterocycles. The van der Waals surface area contributed by atoms with Gasteiger partial charge in [-0.2, -0.15) is 5.10 Å². The summed E-state index contributed by atoms with van der Waals surface area (Å²) in [6, 6.07) is 23.8. The zero-order valence-electron chi connectivity index (χ0n) is 24.9. The number of ether oxygens (including phenoxy) is 1. The molecule has 1 fully saturated rings. The summed E-state index contributed by atoms with van der Waals surface area (Å²) in [4.78, 5) is 29.9. The highest BCUT2D eigenvalue weighted by Gasteiger charge is 2.34. The van der Waals surface area contributed by atoms with Crippen molar-refractivity contribution in [3.05, 3.63) is 113 Å². The normalized spacial score (nSPS) is 15.2. The summed E-state index contributed by atoms with van der Waals surface area (Å²) in [7, 11) is 0.0845. The monoisotopic (exact) mass is 658 g/mol. The van der Waals surface area contributed by atoms with E-state index in [-0.39, 0.29) is 24.0 Å². The number of carbonyl (C=O) groups excluding carboxylic acids is 2. The molecule has 12 nitrogen and oxygen atoms in total. The molecule has 4 aromatic rings. The lowest BCUT2D eigenvalue weighted by atomic mass is 10.2. The Kier molecular flexibility index (Phi) is 10.0. The maximum absolute atomic E-state index is 13.6. The Morgan fingerprint density at radius 1 is 1.04 bits per heavy atom. The number of nitrogens with zero attached hydrogens (tertiary/aromatic N) is 4. The van der Waals surface area contributed by atoms with Gasteiger partial charge in [0.25, 0.3) is 11.8 Å². The summed E-state index contributed by atoms with van der Waals surface area (Å²) < 4.78 is 34.2. The Bertz CT molecular complexity index is 1900. The number of carbonyl (C=O) groups is 2. The summed E-state index contributed by atoms with van der Waals surface area (Å²) in [6.07, 6.45) is 4.83. The van der Waals surface area contributed by atoms with Crippen molar-refractivity contribution in [2.45, 2.75) is 11.4 Å². The van der Waals surface area contributed by atoms with Crippen LogP contribution in [0.15, 0.2) is 116 Å². The summed E-state index contributed by atoms with van der Waals surface area (Å²) in [6.45, 7) is -0.168. The molecule has 0 unspecified atom stereocenters. The smallest absolute Gasteiger partial charge is 0.267 e. The predicted octanol–water partition coefficient (Wildman–Crippen LogP) is 4.52. The molecule has 0 saturated carbocycles. The molecule has 0 aliphatic carbocycles. The van der Waals surface area contributed by atoms with Crippen LogP contribution in [-0.2, 0) is 26.2 Å². The van der Waals surface area contributed by atoms with E-state index in [4.69, 9.17) is 14.3 Å². The van der Waals surface area contributed by atoms with Crippen LogP contribution in [0.2, 0.25) is 0 Å². The van der Waals surface area contributed by atoms with Gasteiger partial charge in [-0.25, -0.2) is 13.6 Å². The van der Waals surface area contributed by atoms with Crippen LogP contribution in [-0.4, -0.2) is 57.2 Å². The van der Waals surface area contributed by atoms with Crippen LogP contribution in [0.3, 0.4) is 0 Å². The highest BCUT2D eigenvalue weighted by Crippen LogP contribution is 2.35. The van der Waals surface area contributed by atoms with Crippen molar-refractivity contribution < 1.29 is 27.2 Å². The minimum atomic E-state index is -3.85. The lowest BCUT2D eigenvalue weighted by Gasteiger charge is -2.13. The molecule has 5 rings (SSSR count). The number of nitrogens with one attached hydrogen (secondary N) is 1. The second kappa shape index (κ2) is 14.3. The first-order chi connectivity index (χ1) is 22.1. The maximum atomic E-state index is 13.6. The standard InChI is InChI=1S/C32H30N6O6S2/c1-37(2)25-13-9-22(10-14-25)19-34-36-32-38(20-26-7-5-17-43-26)31(40)29(45-32)18-23-6-3-4-8-28(23)44-21-30(39)35-24-11-15-27(16-12-24)46(33,41)42/h3-19H,20-21H2,1-2H3,(H,35,39)(H2,33,41,42)/b29-18-,34-19-,36-32+. The molecule has 0 spiro atoms. The molecule has 46 heavy (non-hydrogen) atoms. The third-order valence-corrected chi connectivity index (χ3v) is 8.50. The molecule has 0 radical (unpaired) electrons. The van der Waals surface area contributed by atoms with Crippen LogP contribution < -0.4 is 20.1 Å². The van der Waals surface area contributed by atoms with E-state index in [1.54, 1.807) is 48.7 Å². The fourth-order valence-electron chi connectivity index (χ4n) is 4.22. The van der Waals surface area contributed by atoms with Gasteiger partial charge in [-0.3, -0.25) is 14.5 Å². The average molecular weight is 659 g/mol. The van der Waals surface area contributed by atoms with Gasteiger partial charge in [0.2, 0.25) is 10.0 Å². The van der Waals surface area contributed by atoms with Crippen molar-refractivity contribution in [1.29, 1.82) is 0 Å². The van der Waals surface area contributed by atoms with Crippen molar-refractivity contribution in [3.8, 4) is 5.75 Å². The van der Waals surface area contributed by atoms with Crippen molar-refractivity contribution in [2.24, 2.45) is 15.3 Å². The molecule has 1 aromatic heterocycles. The third kappa shape index (κ3) is 8.29. The first-order valence-corrected chi connectivity index (χ1v) is 16.2. The number of hydrogen-bond acceptors (Lipinski definition) is 10. The molecule has 0 atom stereocenters. The fraction of sp³-hybridized carbons (Fsp3) is 0.125. The van der Waals surface area contributed by atoms with Gasteiger partial charge in [-0.15, -0.1) is 5.10 Å². The van der Waals surface area contributed by atoms with Crippen LogP contribution in [0.5, 0.6) is 5.75 Å². The van der Waals surface area contributed by atoms with Gasteiger partial charge < -0.3 is 19.4 Å². The molecule has 3 N–H and O–H groups in total. The average Bonchev–Trinajstić information content (AvgIpc) is 3.65. The number of hydrogen-bond donors (Lipinski definition) is 2. The van der Waals surface area contributed by atoms with E-state index < -0.39 is 15.9 Å².